The normalized spacial score (nSPS) is 10.4. The van der Waals surface area contributed by atoms with Crippen LogP contribution in [0.2, 0.25) is 0 Å². The van der Waals surface area contributed by atoms with Gasteiger partial charge < -0.3 is 10.1 Å². The van der Waals surface area contributed by atoms with E-state index in [4.69, 9.17) is 4.74 Å². The van der Waals surface area contributed by atoms with Crippen LogP contribution in [0, 0.1) is 6.92 Å². The van der Waals surface area contributed by atoms with Gasteiger partial charge in [-0.2, -0.15) is 0 Å². The van der Waals surface area contributed by atoms with Crippen LogP contribution < -0.4 is 10.6 Å². The Morgan fingerprint density at radius 1 is 1.08 bits per heavy atom. The van der Waals surface area contributed by atoms with Crippen LogP contribution in [0.5, 0.6) is 0 Å². The lowest BCUT2D eigenvalue weighted by Gasteiger charge is -2.05. The largest absolute Gasteiger partial charge is 0.465 e. The first kappa shape index (κ1) is 15.9. The Morgan fingerprint density at radius 2 is 1.83 bits per heavy atom. The van der Waals surface area contributed by atoms with Crippen molar-refractivity contribution in [1.29, 1.82) is 0 Å². The minimum atomic E-state index is -0.406. The highest BCUT2D eigenvalue weighted by molar-refractivity contribution is 7.22. The van der Waals surface area contributed by atoms with Crippen LogP contribution in [0.25, 0.3) is 10.2 Å². The highest BCUT2D eigenvalue weighted by Crippen LogP contribution is 2.27. The molecule has 0 aliphatic heterocycles. The Hall–Kier alpha value is -2.93. The fourth-order valence-electron chi connectivity index (χ4n) is 2.12. The smallest absolute Gasteiger partial charge is 0.337 e. The van der Waals surface area contributed by atoms with Crippen molar-refractivity contribution in [3.63, 3.8) is 0 Å². The van der Waals surface area contributed by atoms with Crippen LogP contribution in [0.3, 0.4) is 0 Å². The summed E-state index contributed by atoms with van der Waals surface area (Å²) in [6.45, 7) is 1.98. The van der Waals surface area contributed by atoms with E-state index in [9.17, 15) is 9.59 Å². The molecule has 0 fully saturated rings. The number of nitrogens with one attached hydrogen (secondary N) is 2. The summed E-state index contributed by atoms with van der Waals surface area (Å²) >= 11 is 1.29. The molecule has 0 radical (unpaired) electrons. The molecule has 1 heterocycles. The molecule has 0 bridgehead atoms. The SMILES string of the molecule is COC(=O)c1ccc2nc(NC(=O)Nc3ccc(C)cc3)sc2c1. The molecule has 122 valence electrons. The van der Waals surface area contributed by atoms with Crippen LogP contribution in [0.15, 0.2) is 42.5 Å². The molecule has 3 aromatic rings. The molecule has 0 unspecified atom stereocenters. The van der Waals surface area contributed by atoms with Crippen LogP contribution >= 0.6 is 11.3 Å². The van der Waals surface area contributed by atoms with Gasteiger partial charge in [-0.15, -0.1) is 0 Å². The second-order valence-corrected chi connectivity index (χ2v) is 6.17. The molecule has 3 rings (SSSR count). The van der Waals surface area contributed by atoms with Gasteiger partial charge in [-0.3, -0.25) is 5.32 Å². The number of carbonyl (C=O) groups is 2. The lowest BCUT2D eigenvalue weighted by Crippen LogP contribution is -2.19. The maximum Gasteiger partial charge on any atom is 0.337 e. The van der Waals surface area contributed by atoms with Crippen molar-refractivity contribution < 1.29 is 14.3 Å². The van der Waals surface area contributed by atoms with Crippen molar-refractivity contribution in [2.45, 2.75) is 6.92 Å². The van der Waals surface area contributed by atoms with Gasteiger partial charge in [0.15, 0.2) is 5.13 Å². The van der Waals surface area contributed by atoms with Gasteiger partial charge in [0.25, 0.3) is 0 Å². The number of ether oxygens (including phenoxy) is 1. The van der Waals surface area contributed by atoms with Gasteiger partial charge in [0, 0.05) is 5.69 Å². The lowest BCUT2D eigenvalue weighted by atomic mass is 10.2. The molecule has 7 heteroatoms. The Balaban J connectivity index is 1.73. The van der Waals surface area contributed by atoms with Gasteiger partial charge in [0.05, 0.1) is 22.9 Å². The molecule has 2 aromatic carbocycles. The van der Waals surface area contributed by atoms with Gasteiger partial charge in [-0.1, -0.05) is 29.0 Å². The summed E-state index contributed by atoms with van der Waals surface area (Å²) in [7, 11) is 1.33. The molecule has 2 amide bonds. The lowest BCUT2D eigenvalue weighted by molar-refractivity contribution is 0.0601. The Bertz CT molecular complexity index is 903. The van der Waals surface area contributed by atoms with E-state index in [1.165, 1.54) is 18.4 Å². The number of amides is 2. The first-order valence-corrected chi connectivity index (χ1v) is 8.00. The molecule has 0 aliphatic carbocycles. The molecule has 0 aliphatic rings. The minimum absolute atomic E-state index is 0.369. The fraction of sp³-hybridized carbons (Fsp3) is 0.118. The zero-order valence-electron chi connectivity index (χ0n) is 13.1. The zero-order valence-corrected chi connectivity index (χ0v) is 13.9. The molecule has 0 spiro atoms. The number of fused-ring (bicyclic) bond motifs is 1. The van der Waals surface area contributed by atoms with Crippen molar-refractivity contribution in [1.82, 2.24) is 4.98 Å². The molecule has 1 aromatic heterocycles. The van der Waals surface area contributed by atoms with Crippen LogP contribution in [-0.4, -0.2) is 24.1 Å². The number of rotatable bonds is 3. The van der Waals surface area contributed by atoms with E-state index in [0.29, 0.717) is 21.9 Å². The average Bonchev–Trinajstić information content (AvgIpc) is 2.97. The number of nitrogens with zero attached hydrogens (tertiary/aromatic N) is 1. The van der Waals surface area contributed by atoms with Gasteiger partial charge in [0.2, 0.25) is 0 Å². The summed E-state index contributed by atoms with van der Waals surface area (Å²) in [6, 6.07) is 12.2. The summed E-state index contributed by atoms with van der Waals surface area (Å²) < 4.78 is 5.49. The fourth-order valence-corrected chi connectivity index (χ4v) is 3.02. The zero-order chi connectivity index (χ0) is 17.1. The van der Waals surface area contributed by atoms with Gasteiger partial charge in [-0.25, -0.2) is 14.6 Å². The first-order valence-electron chi connectivity index (χ1n) is 7.19. The third-order valence-corrected chi connectivity index (χ3v) is 4.27. The second kappa shape index (κ2) is 6.67. The monoisotopic (exact) mass is 341 g/mol. The van der Waals surface area contributed by atoms with E-state index >= 15 is 0 Å². The van der Waals surface area contributed by atoms with E-state index in [0.717, 1.165) is 10.3 Å². The first-order chi connectivity index (χ1) is 11.5. The van der Waals surface area contributed by atoms with Crippen molar-refractivity contribution >= 4 is 44.4 Å². The summed E-state index contributed by atoms with van der Waals surface area (Å²) in [5.41, 5.74) is 2.98. The van der Waals surface area contributed by atoms with Crippen molar-refractivity contribution in [2.75, 3.05) is 17.7 Å². The molecule has 24 heavy (non-hydrogen) atoms. The highest BCUT2D eigenvalue weighted by atomic mass is 32.1. The molecular weight excluding hydrogens is 326 g/mol. The number of benzene rings is 2. The predicted molar refractivity (Wildman–Crippen MR) is 94.8 cm³/mol. The summed E-state index contributed by atoms with van der Waals surface area (Å²) in [5, 5.41) is 5.90. The number of esters is 1. The van der Waals surface area contributed by atoms with Crippen molar-refractivity contribution in [3.8, 4) is 0 Å². The molecule has 2 N–H and O–H groups in total. The Kier molecular flexibility index (Phi) is 4.43. The summed E-state index contributed by atoms with van der Waals surface area (Å²) in [6.07, 6.45) is 0. The standard InChI is InChI=1S/C17H15N3O3S/c1-10-3-6-12(7-4-10)18-16(22)20-17-19-13-8-5-11(15(21)23-2)9-14(13)24-17/h3-9H,1-2H3,(H2,18,19,20,22). The number of aryl methyl sites for hydroxylation is 1. The number of carbonyl (C=O) groups excluding carboxylic acids is 2. The van der Waals surface area contributed by atoms with Gasteiger partial charge >= 0.3 is 12.0 Å². The van der Waals surface area contributed by atoms with Crippen LogP contribution in [0.4, 0.5) is 15.6 Å². The Morgan fingerprint density at radius 3 is 2.54 bits per heavy atom. The predicted octanol–water partition coefficient (Wildman–Crippen LogP) is 4.04. The number of hydrogen-bond donors (Lipinski definition) is 2. The van der Waals surface area contributed by atoms with E-state index in [1.54, 1.807) is 18.2 Å². The Labute approximate surface area is 142 Å². The quantitative estimate of drug-likeness (QED) is 0.705. The van der Waals surface area contributed by atoms with Crippen LogP contribution in [-0.2, 0) is 4.74 Å². The van der Waals surface area contributed by atoms with E-state index in [-0.39, 0.29) is 6.03 Å². The number of anilines is 2. The number of aromatic nitrogens is 1. The average molecular weight is 341 g/mol. The molecular formula is C17H15N3O3S. The van der Waals surface area contributed by atoms with E-state index in [1.807, 2.05) is 31.2 Å². The number of urea groups is 1. The number of thiazole rings is 1. The van der Waals surface area contributed by atoms with Gasteiger partial charge in [0.1, 0.15) is 0 Å². The van der Waals surface area contributed by atoms with Crippen LogP contribution in [0.1, 0.15) is 15.9 Å². The number of hydrogen-bond acceptors (Lipinski definition) is 5. The van der Waals surface area contributed by atoms with Crippen molar-refractivity contribution in [3.05, 3.63) is 53.6 Å². The van der Waals surface area contributed by atoms with Crippen molar-refractivity contribution in [2.24, 2.45) is 0 Å². The van der Waals surface area contributed by atoms with Gasteiger partial charge in [-0.05, 0) is 37.3 Å². The second-order valence-electron chi connectivity index (χ2n) is 5.14. The maximum absolute atomic E-state index is 12.0. The minimum Gasteiger partial charge on any atom is -0.465 e. The third kappa shape index (κ3) is 3.52. The summed E-state index contributed by atoms with van der Waals surface area (Å²) in [4.78, 5) is 27.9. The molecule has 0 saturated carbocycles. The van der Waals surface area contributed by atoms with E-state index in [2.05, 4.69) is 15.6 Å². The highest BCUT2D eigenvalue weighted by Gasteiger charge is 2.11. The molecule has 6 nitrogen and oxygen atoms in total. The third-order valence-electron chi connectivity index (χ3n) is 3.34. The summed E-state index contributed by atoms with van der Waals surface area (Å²) in [5.74, 6) is -0.406. The number of methoxy groups -OCH3 is 1. The molecule has 0 saturated heterocycles. The maximum atomic E-state index is 12.0. The van der Waals surface area contributed by atoms with E-state index < -0.39 is 5.97 Å². The topological polar surface area (TPSA) is 80.3 Å². The molecule has 0 atom stereocenters.